The van der Waals surface area contributed by atoms with Crippen LogP contribution in [0.3, 0.4) is 0 Å². The standard InChI is InChI=1S/C13H20N2O/c14-12-7-4-8-15(9-12)10-13(16)11-5-2-1-3-6-11/h1-3,5-6,12-13,16H,4,7-10,14H2/t12-,13?/m1/s1. The van der Waals surface area contributed by atoms with Gasteiger partial charge in [-0.2, -0.15) is 0 Å². The number of aliphatic hydroxyl groups is 1. The molecule has 1 aromatic carbocycles. The summed E-state index contributed by atoms with van der Waals surface area (Å²) in [6.45, 7) is 2.65. The molecule has 2 rings (SSSR count). The summed E-state index contributed by atoms with van der Waals surface area (Å²) in [4.78, 5) is 2.26. The van der Waals surface area contributed by atoms with E-state index in [1.165, 1.54) is 0 Å². The summed E-state index contributed by atoms with van der Waals surface area (Å²) in [5.41, 5.74) is 6.90. The molecule has 1 fully saturated rings. The third-order valence-corrected chi connectivity index (χ3v) is 3.16. The van der Waals surface area contributed by atoms with Crippen LogP contribution in [0.1, 0.15) is 24.5 Å². The van der Waals surface area contributed by atoms with E-state index in [0.717, 1.165) is 31.5 Å². The molecule has 0 aromatic heterocycles. The molecular formula is C13H20N2O. The molecule has 1 aliphatic rings. The van der Waals surface area contributed by atoms with Crippen molar-refractivity contribution in [1.82, 2.24) is 4.90 Å². The molecule has 2 atom stereocenters. The highest BCUT2D eigenvalue weighted by atomic mass is 16.3. The number of nitrogens with zero attached hydrogens (tertiary/aromatic N) is 1. The summed E-state index contributed by atoms with van der Waals surface area (Å²) in [6, 6.07) is 10.1. The van der Waals surface area contributed by atoms with Gasteiger partial charge in [0.05, 0.1) is 6.10 Å². The molecule has 3 heteroatoms. The molecule has 0 spiro atoms. The van der Waals surface area contributed by atoms with Crippen molar-refractivity contribution < 1.29 is 5.11 Å². The fourth-order valence-corrected chi connectivity index (χ4v) is 2.28. The van der Waals surface area contributed by atoms with Crippen LogP contribution in [-0.4, -0.2) is 35.7 Å². The Hall–Kier alpha value is -0.900. The maximum Gasteiger partial charge on any atom is 0.0916 e. The van der Waals surface area contributed by atoms with Gasteiger partial charge in [-0.25, -0.2) is 0 Å². The van der Waals surface area contributed by atoms with Crippen LogP contribution >= 0.6 is 0 Å². The third kappa shape index (κ3) is 3.04. The zero-order chi connectivity index (χ0) is 11.4. The van der Waals surface area contributed by atoms with E-state index in [0.29, 0.717) is 6.54 Å². The van der Waals surface area contributed by atoms with Crippen LogP contribution in [-0.2, 0) is 0 Å². The van der Waals surface area contributed by atoms with Gasteiger partial charge < -0.3 is 10.8 Å². The monoisotopic (exact) mass is 220 g/mol. The van der Waals surface area contributed by atoms with Crippen LogP contribution in [0.2, 0.25) is 0 Å². The molecule has 3 nitrogen and oxygen atoms in total. The lowest BCUT2D eigenvalue weighted by Crippen LogP contribution is -2.44. The predicted octanol–water partition coefficient (Wildman–Crippen LogP) is 1.14. The second-order valence-electron chi connectivity index (χ2n) is 4.59. The SMILES string of the molecule is N[C@@H]1CCCN(CC(O)c2ccccc2)C1. The molecule has 88 valence electrons. The average molecular weight is 220 g/mol. The van der Waals surface area contributed by atoms with Crippen LogP contribution in [0.25, 0.3) is 0 Å². The van der Waals surface area contributed by atoms with Gasteiger partial charge in [0, 0.05) is 19.1 Å². The first-order valence-corrected chi connectivity index (χ1v) is 5.96. The number of hydrogen-bond donors (Lipinski definition) is 2. The lowest BCUT2D eigenvalue weighted by Gasteiger charge is -2.32. The van der Waals surface area contributed by atoms with Crippen molar-refractivity contribution in [1.29, 1.82) is 0 Å². The smallest absolute Gasteiger partial charge is 0.0916 e. The number of benzene rings is 1. The first-order chi connectivity index (χ1) is 7.75. The second-order valence-corrected chi connectivity index (χ2v) is 4.59. The van der Waals surface area contributed by atoms with Crippen molar-refractivity contribution >= 4 is 0 Å². The first kappa shape index (κ1) is 11.6. The van der Waals surface area contributed by atoms with E-state index in [-0.39, 0.29) is 6.04 Å². The number of hydrogen-bond acceptors (Lipinski definition) is 3. The van der Waals surface area contributed by atoms with Crippen molar-refractivity contribution in [2.75, 3.05) is 19.6 Å². The van der Waals surface area contributed by atoms with Crippen molar-refractivity contribution in [3.8, 4) is 0 Å². The van der Waals surface area contributed by atoms with E-state index >= 15 is 0 Å². The van der Waals surface area contributed by atoms with Crippen molar-refractivity contribution in [2.24, 2.45) is 5.73 Å². The van der Waals surface area contributed by atoms with E-state index in [1.54, 1.807) is 0 Å². The van der Waals surface area contributed by atoms with Gasteiger partial charge in [-0.3, -0.25) is 4.90 Å². The second kappa shape index (κ2) is 5.43. The lowest BCUT2D eigenvalue weighted by molar-refractivity contribution is 0.0962. The fourth-order valence-electron chi connectivity index (χ4n) is 2.28. The molecule has 0 amide bonds. The summed E-state index contributed by atoms with van der Waals surface area (Å²) in [5.74, 6) is 0. The molecule has 1 heterocycles. The molecule has 1 saturated heterocycles. The minimum absolute atomic E-state index is 0.275. The Kier molecular flexibility index (Phi) is 3.93. The Balaban J connectivity index is 1.89. The summed E-state index contributed by atoms with van der Waals surface area (Å²) < 4.78 is 0. The Morgan fingerprint density at radius 2 is 2.12 bits per heavy atom. The average Bonchev–Trinajstić information content (AvgIpc) is 2.30. The van der Waals surface area contributed by atoms with E-state index in [9.17, 15) is 5.11 Å². The van der Waals surface area contributed by atoms with Crippen LogP contribution < -0.4 is 5.73 Å². The Morgan fingerprint density at radius 1 is 1.38 bits per heavy atom. The first-order valence-electron chi connectivity index (χ1n) is 5.96. The zero-order valence-electron chi connectivity index (χ0n) is 9.55. The lowest BCUT2D eigenvalue weighted by atomic mass is 10.0. The minimum Gasteiger partial charge on any atom is -0.387 e. The van der Waals surface area contributed by atoms with Gasteiger partial charge in [0.1, 0.15) is 0 Å². The molecule has 1 aromatic rings. The van der Waals surface area contributed by atoms with E-state index < -0.39 is 6.10 Å². The number of likely N-dealkylation sites (tertiary alicyclic amines) is 1. The molecule has 3 N–H and O–H groups in total. The zero-order valence-corrected chi connectivity index (χ0v) is 9.55. The van der Waals surface area contributed by atoms with E-state index in [2.05, 4.69) is 4.90 Å². The quantitative estimate of drug-likeness (QED) is 0.803. The number of piperidine rings is 1. The number of nitrogens with two attached hydrogens (primary N) is 1. The van der Waals surface area contributed by atoms with Crippen molar-refractivity contribution in [3.63, 3.8) is 0 Å². The topological polar surface area (TPSA) is 49.5 Å². The maximum absolute atomic E-state index is 10.1. The summed E-state index contributed by atoms with van der Waals surface area (Å²) in [7, 11) is 0. The highest BCUT2D eigenvalue weighted by Gasteiger charge is 2.19. The summed E-state index contributed by atoms with van der Waals surface area (Å²) >= 11 is 0. The van der Waals surface area contributed by atoms with Gasteiger partial charge in [-0.05, 0) is 24.9 Å². The van der Waals surface area contributed by atoms with Gasteiger partial charge >= 0.3 is 0 Å². The van der Waals surface area contributed by atoms with Crippen LogP contribution in [0, 0.1) is 0 Å². The van der Waals surface area contributed by atoms with Crippen LogP contribution in [0.5, 0.6) is 0 Å². The Bertz CT molecular complexity index is 315. The van der Waals surface area contributed by atoms with E-state index in [1.807, 2.05) is 30.3 Å². The van der Waals surface area contributed by atoms with E-state index in [4.69, 9.17) is 5.73 Å². The molecule has 0 saturated carbocycles. The van der Waals surface area contributed by atoms with Gasteiger partial charge in [0.15, 0.2) is 0 Å². The van der Waals surface area contributed by atoms with Crippen molar-refractivity contribution in [2.45, 2.75) is 25.0 Å². The molecule has 0 radical (unpaired) electrons. The number of rotatable bonds is 3. The normalized spacial score (nSPS) is 24.2. The van der Waals surface area contributed by atoms with Crippen LogP contribution in [0.15, 0.2) is 30.3 Å². The predicted molar refractivity (Wildman–Crippen MR) is 65.1 cm³/mol. The van der Waals surface area contributed by atoms with Gasteiger partial charge in [-0.1, -0.05) is 30.3 Å². The molecule has 0 aliphatic carbocycles. The third-order valence-electron chi connectivity index (χ3n) is 3.16. The number of β-amino-alcohol motifs (C(OH)–C–C–N with tert-alkyl or cyclic N) is 1. The van der Waals surface area contributed by atoms with Gasteiger partial charge in [0.25, 0.3) is 0 Å². The maximum atomic E-state index is 10.1. The fraction of sp³-hybridized carbons (Fsp3) is 0.538. The molecular weight excluding hydrogens is 200 g/mol. The largest absolute Gasteiger partial charge is 0.387 e. The number of aliphatic hydroxyl groups excluding tert-OH is 1. The van der Waals surface area contributed by atoms with Crippen LogP contribution in [0.4, 0.5) is 0 Å². The van der Waals surface area contributed by atoms with Gasteiger partial charge in [-0.15, -0.1) is 0 Å². The van der Waals surface area contributed by atoms with Gasteiger partial charge in [0.2, 0.25) is 0 Å². The Labute approximate surface area is 96.9 Å². The molecule has 1 aliphatic heterocycles. The van der Waals surface area contributed by atoms with Crippen molar-refractivity contribution in [3.05, 3.63) is 35.9 Å². The summed E-state index contributed by atoms with van der Waals surface area (Å²) in [5, 5.41) is 10.1. The molecule has 0 bridgehead atoms. The Morgan fingerprint density at radius 3 is 2.81 bits per heavy atom. The highest BCUT2D eigenvalue weighted by molar-refractivity contribution is 5.17. The summed E-state index contributed by atoms with van der Waals surface area (Å²) in [6.07, 6.45) is 1.85. The highest BCUT2D eigenvalue weighted by Crippen LogP contribution is 2.16. The molecule has 16 heavy (non-hydrogen) atoms. The minimum atomic E-state index is -0.397. The molecule has 1 unspecified atom stereocenters.